The van der Waals surface area contributed by atoms with E-state index >= 15 is 0 Å². The first-order valence-electron chi connectivity index (χ1n) is 6.96. The minimum atomic E-state index is 0.624. The van der Waals surface area contributed by atoms with Crippen LogP contribution in [0.4, 0.5) is 0 Å². The highest BCUT2D eigenvalue weighted by molar-refractivity contribution is 9.10. The van der Waals surface area contributed by atoms with Crippen LogP contribution in [-0.2, 0) is 12.2 Å². The number of thioether (sulfide) groups is 1. The Morgan fingerprint density at radius 1 is 1.23 bits per heavy atom. The molecular formula is C16H15BrN2OS2. The van der Waals surface area contributed by atoms with E-state index in [9.17, 15) is 0 Å². The lowest BCUT2D eigenvalue weighted by atomic mass is 10.2. The SMILES string of the molecule is CCc1sc(-c2nnc(CSc3ccc(Br)cc3)o2)cc1C. The lowest BCUT2D eigenvalue weighted by Crippen LogP contribution is -1.80. The quantitative estimate of drug-likeness (QED) is 0.518. The van der Waals surface area contributed by atoms with Crippen LogP contribution in [0.5, 0.6) is 0 Å². The number of aromatic nitrogens is 2. The van der Waals surface area contributed by atoms with Gasteiger partial charge in [-0.3, -0.25) is 0 Å². The Labute approximate surface area is 146 Å². The average Bonchev–Trinajstić information content (AvgIpc) is 3.13. The maximum atomic E-state index is 5.79. The van der Waals surface area contributed by atoms with Crippen LogP contribution in [0, 0.1) is 6.92 Å². The van der Waals surface area contributed by atoms with Crippen LogP contribution < -0.4 is 0 Å². The lowest BCUT2D eigenvalue weighted by Gasteiger charge is -1.98. The van der Waals surface area contributed by atoms with Gasteiger partial charge < -0.3 is 4.42 Å². The predicted molar refractivity (Wildman–Crippen MR) is 95.4 cm³/mol. The Morgan fingerprint density at radius 3 is 2.68 bits per heavy atom. The number of aryl methyl sites for hydroxylation is 2. The van der Waals surface area contributed by atoms with Crippen molar-refractivity contribution in [1.82, 2.24) is 10.2 Å². The zero-order valence-corrected chi connectivity index (χ0v) is 15.5. The van der Waals surface area contributed by atoms with E-state index in [1.807, 2.05) is 12.1 Å². The van der Waals surface area contributed by atoms with Gasteiger partial charge in [0.15, 0.2) is 0 Å². The molecule has 0 fully saturated rings. The summed E-state index contributed by atoms with van der Waals surface area (Å²) in [5.74, 6) is 1.96. The van der Waals surface area contributed by atoms with Crippen molar-refractivity contribution in [2.75, 3.05) is 0 Å². The number of hydrogen-bond acceptors (Lipinski definition) is 5. The van der Waals surface area contributed by atoms with E-state index in [2.05, 4.69) is 58.2 Å². The molecule has 2 heterocycles. The van der Waals surface area contributed by atoms with E-state index in [0.717, 1.165) is 15.8 Å². The zero-order chi connectivity index (χ0) is 15.5. The maximum Gasteiger partial charge on any atom is 0.257 e. The summed E-state index contributed by atoms with van der Waals surface area (Å²) in [6.07, 6.45) is 1.04. The molecule has 0 N–H and O–H groups in total. The summed E-state index contributed by atoms with van der Waals surface area (Å²) in [6, 6.07) is 10.3. The Bertz CT molecular complexity index is 765. The number of rotatable bonds is 5. The topological polar surface area (TPSA) is 38.9 Å². The molecule has 114 valence electrons. The Kier molecular flexibility index (Phi) is 5.00. The maximum absolute atomic E-state index is 5.79. The van der Waals surface area contributed by atoms with Gasteiger partial charge in [-0.05, 0) is 49.2 Å². The van der Waals surface area contributed by atoms with E-state index in [4.69, 9.17) is 4.42 Å². The van der Waals surface area contributed by atoms with Crippen LogP contribution in [-0.4, -0.2) is 10.2 Å². The number of hydrogen-bond donors (Lipinski definition) is 0. The van der Waals surface area contributed by atoms with Crippen LogP contribution in [0.1, 0.15) is 23.3 Å². The fourth-order valence-electron chi connectivity index (χ4n) is 2.06. The van der Waals surface area contributed by atoms with Crippen molar-refractivity contribution >= 4 is 39.0 Å². The third-order valence-electron chi connectivity index (χ3n) is 3.20. The van der Waals surface area contributed by atoms with Crippen LogP contribution in [0.25, 0.3) is 10.8 Å². The molecule has 2 aromatic heterocycles. The minimum Gasteiger partial charge on any atom is -0.419 e. The van der Waals surface area contributed by atoms with Crippen LogP contribution in [0.2, 0.25) is 0 Å². The first kappa shape index (κ1) is 15.8. The van der Waals surface area contributed by atoms with Crippen molar-refractivity contribution in [3.8, 4) is 10.8 Å². The fourth-order valence-corrected chi connectivity index (χ4v) is 4.10. The summed E-state index contributed by atoms with van der Waals surface area (Å²) < 4.78 is 6.87. The summed E-state index contributed by atoms with van der Waals surface area (Å²) in [7, 11) is 0. The van der Waals surface area contributed by atoms with Crippen molar-refractivity contribution in [2.45, 2.75) is 30.9 Å². The highest BCUT2D eigenvalue weighted by atomic mass is 79.9. The molecule has 0 saturated heterocycles. The van der Waals surface area contributed by atoms with Gasteiger partial charge in [-0.25, -0.2) is 0 Å². The smallest absolute Gasteiger partial charge is 0.257 e. The first-order valence-corrected chi connectivity index (χ1v) is 9.55. The molecule has 3 rings (SSSR count). The molecule has 6 heteroatoms. The number of nitrogens with zero attached hydrogens (tertiary/aromatic N) is 2. The highest BCUT2D eigenvalue weighted by Gasteiger charge is 2.13. The first-order chi connectivity index (χ1) is 10.7. The molecular weight excluding hydrogens is 380 g/mol. The Hall–Kier alpha value is -1.11. The molecule has 0 aliphatic rings. The normalized spacial score (nSPS) is 11.0. The monoisotopic (exact) mass is 394 g/mol. The molecule has 0 atom stereocenters. The molecule has 0 amide bonds. The molecule has 3 nitrogen and oxygen atoms in total. The van der Waals surface area contributed by atoms with E-state index < -0.39 is 0 Å². The van der Waals surface area contributed by atoms with E-state index in [-0.39, 0.29) is 0 Å². The van der Waals surface area contributed by atoms with Gasteiger partial charge in [-0.15, -0.1) is 33.3 Å². The standard InChI is InChI=1S/C16H15BrN2OS2/c1-3-13-10(2)8-14(22-13)16-19-18-15(20-16)9-21-12-6-4-11(17)5-7-12/h4-8H,3,9H2,1-2H3. The summed E-state index contributed by atoms with van der Waals surface area (Å²) >= 11 is 6.86. The van der Waals surface area contributed by atoms with Crippen molar-refractivity contribution in [3.63, 3.8) is 0 Å². The van der Waals surface area contributed by atoms with Crippen LogP contribution in [0.15, 0.2) is 44.1 Å². The van der Waals surface area contributed by atoms with Gasteiger partial charge >= 0.3 is 0 Å². The summed E-state index contributed by atoms with van der Waals surface area (Å²) in [6.45, 7) is 4.29. The average molecular weight is 395 g/mol. The lowest BCUT2D eigenvalue weighted by molar-refractivity contribution is 0.529. The molecule has 0 unspecified atom stereocenters. The zero-order valence-electron chi connectivity index (χ0n) is 12.3. The van der Waals surface area contributed by atoms with Crippen LogP contribution >= 0.6 is 39.0 Å². The number of benzene rings is 1. The van der Waals surface area contributed by atoms with Gasteiger partial charge in [0.05, 0.1) is 10.6 Å². The molecule has 0 aliphatic carbocycles. The van der Waals surface area contributed by atoms with Gasteiger partial charge in [-0.1, -0.05) is 22.9 Å². The van der Waals surface area contributed by atoms with Gasteiger partial charge in [0, 0.05) is 14.2 Å². The third kappa shape index (κ3) is 3.62. The second-order valence-electron chi connectivity index (χ2n) is 4.81. The third-order valence-corrected chi connectivity index (χ3v) is 6.09. The van der Waals surface area contributed by atoms with E-state index in [1.54, 1.807) is 23.1 Å². The van der Waals surface area contributed by atoms with Crippen molar-refractivity contribution in [2.24, 2.45) is 0 Å². The van der Waals surface area contributed by atoms with Gasteiger partial charge in [-0.2, -0.15) is 0 Å². The van der Waals surface area contributed by atoms with Crippen LogP contribution in [0.3, 0.4) is 0 Å². The predicted octanol–water partition coefficient (Wildman–Crippen LogP) is 5.72. The molecule has 0 saturated carbocycles. The van der Waals surface area contributed by atoms with Gasteiger partial charge in [0.25, 0.3) is 5.89 Å². The van der Waals surface area contributed by atoms with Crippen molar-refractivity contribution < 1.29 is 4.42 Å². The van der Waals surface area contributed by atoms with Gasteiger partial charge in [0.2, 0.25) is 5.89 Å². The molecule has 3 aromatic rings. The second-order valence-corrected chi connectivity index (χ2v) is 7.92. The van der Waals surface area contributed by atoms with Gasteiger partial charge in [0.1, 0.15) is 0 Å². The minimum absolute atomic E-state index is 0.624. The fraction of sp³-hybridized carbons (Fsp3) is 0.250. The largest absolute Gasteiger partial charge is 0.419 e. The Morgan fingerprint density at radius 2 is 2.00 bits per heavy atom. The van der Waals surface area contributed by atoms with E-state index in [1.165, 1.54) is 15.3 Å². The molecule has 0 radical (unpaired) electrons. The molecule has 0 bridgehead atoms. The molecule has 22 heavy (non-hydrogen) atoms. The number of thiophene rings is 1. The summed E-state index contributed by atoms with van der Waals surface area (Å²) in [5.41, 5.74) is 1.30. The second kappa shape index (κ2) is 6.98. The highest BCUT2D eigenvalue weighted by Crippen LogP contribution is 2.31. The summed E-state index contributed by atoms with van der Waals surface area (Å²) in [5, 5.41) is 8.32. The molecule has 0 aliphatic heterocycles. The molecule has 0 spiro atoms. The Balaban J connectivity index is 1.69. The summed E-state index contributed by atoms with van der Waals surface area (Å²) in [4.78, 5) is 3.61. The number of halogens is 1. The van der Waals surface area contributed by atoms with E-state index in [0.29, 0.717) is 17.5 Å². The molecule has 1 aromatic carbocycles. The van der Waals surface area contributed by atoms with Crippen molar-refractivity contribution in [1.29, 1.82) is 0 Å². The van der Waals surface area contributed by atoms with Crippen molar-refractivity contribution in [3.05, 3.63) is 51.1 Å².